The second-order valence-electron chi connectivity index (χ2n) is 4.95. The van der Waals surface area contributed by atoms with E-state index in [-0.39, 0.29) is 11.5 Å². The Morgan fingerprint density at radius 3 is 2.61 bits per heavy atom. The molecule has 0 amide bonds. The first-order valence-electron chi connectivity index (χ1n) is 6.69. The summed E-state index contributed by atoms with van der Waals surface area (Å²) in [5.41, 5.74) is 1.23. The average Bonchev–Trinajstić information content (AvgIpc) is 2.34. The molecule has 0 spiro atoms. The Balaban J connectivity index is 1.87. The second-order valence-corrected chi connectivity index (χ2v) is 4.95. The van der Waals surface area contributed by atoms with Crippen LogP contribution in [0.2, 0.25) is 0 Å². The number of hydrogen-bond acceptors (Lipinski definition) is 3. The molecule has 1 aromatic rings. The average molecular weight is 247 g/mol. The van der Waals surface area contributed by atoms with Crippen LogP contribution in [0.5, 0.6) is 0 Å². The van der Waals surface area contributed by atoms with E-state index in [1.165, 1.54) is 12.0 Å². The second kappa shape index (κ2) is 6.01. The third-order valence-corrected chi connectivity index (χ3v) is 3.61. The summed E-state index contributed by atoms with van der Waals surface area (Å²) in [6.07, 6.45) is 3.83. The lowest BCUT2D eigenvalue weighted by Gasteiger charge is -2.42. The molecule has 2 rings (SSSR count). The third-order valence-electron chi connectivity index (χ3n) is 3.61. The highest BCUT2D eigenvalue weighted by Crippen LogP contribution is 2.35. The van der Waals surface area contributed by atoms with Gasteiger partial charge in [-0.15, -0.1) is 0 Å². The van der Waals surface area contributed by atoms with E-state index in [9.17, 15) is 4.79 Å². The molecule has 0 aliphatic heterocycles. The van der Waals surface area contributed by atoms with Crippen molar-refractivity contribution >= 4 is 5.97 Å². The van der Waals surface area contributed by atoms with Gasteiger partial charge in [0.25, 0.3) is 0 Å². The molecule has 0 unspecified atom stereocenters. The Kier molecular flexibility index (Phi) is 4.37. The van der Waals surface area contributed by atoms with Crippen molar-refractivity contribution < 1.29 is 9.53 Å². The van der Waals surface area contributed by atoms with Crippen molar-refractivity contribution in [3.05, 3.63) is 35.9 Å². The molecule has 0 radical (unpaired) electrons. The van der Waals surface area contributed by atoms with Crippen LogP contribution >= 0.6 is 0 Å². The SMILES string of the molecule is CCOC(=O)CC1(NCc2ccccc2)CCC1. The van der Waals surface area contributed by atoms with Crippen LogP contribution in [0, 0.1) is 0 Å². The zero-order valence-electron chi connectivity index (χ0n) is 10.9. The highest BCUT2D eigenvalue weighted by molar-refractivity contribution is 5.71. The fourth-order valence-electron chi connectivity index (χ4n) is 2.39. The first-order valence-corrected chi connectivity index (χ1v) is 6.69. The summed E-state index contributed by atoms with van der Waals surface area (Å²) < 4.78 is 5.05. The number of ether oxygens (including phenoxy) is 1. The van der Waals surface area contributed by atoms with Crippen molar-refractivity contribution in [3.63, 3.8) is 0 Å². The van der Waals surface area contributed by atoms with E-state index in [1.54, 1.807) is 0 Å². The number of esters is 1. The highest BCUT2D eigenvalue weighted by atomic mass is 16.5. The van der Waals surface area contributed by atoms with Gasteiger partial charge in [0, 0.05) is 12.1 Å². The van der Waals surface area contributed by atoms with Crippen LogP contribution in [-0.2, 0) is 16.1 Å². The molecule has 0 heterocycles. The maximum absolute atomic E-state index is 11.6. The minimum atomic E-state index is -0.0854. The first kappa shape index (κ1) is 13.1. The molecule has 1 saturated carbocycles. The van der Waals surface area contributed by atoms with E-state index in [4.69, 9.17) is 4.74 Å². The van der Waals surface area contributed by atoms with E-state index in [0.717, 1.165) is 19.4 Å². The molecule has 0 saturated heterocycles. The van der Waals surface area contributed by atoms with Gasteiger partial charge in [0.05, 0.1) is 13.0 Å². The number of carbonyl (C=O) groups excluding carboxylic acids is 1. The zero-order valence-corrected chi connectivity index (χ0v) is 10.9. The quantitative estimate of drug-likeness (QED) is 0.785. The summed E-state index contributed by atoms with van der Waals surface area (Å²) >= 11 is 0. The van der Waals surface area contributed by atoms with Crippen LogP contribution in [0.1, 0.15) is 38.2 Å². The maximum atomic E-state index is 11.6. The molecular formula is C15H21NO2. The molecule has 0 atom stereocenters. The lowest BCUT2D eigenvalue weighted by molar-refractivity contribution is -0.146. The summed E-state index contributed by atoms with van der Waals surface area (Å²) in [5.74, 6) is -0.0854. The van der Waals surface area contributed by atoms with Gasteiger partial charge < -0.3 is 10.1 Å². The molecule has 1 N–H and O–H groups in total. The normalized spacial score (nSPS) is 16.9. The van der Waals surface area contributed by atoms with Crippen molar-refractivity contribution in [1.82, 2.24) is 5.32 Å². The van der Waals surface area contributed by atoms with Gasteiger partial charge in [-0.1, -0.05) is 30.3 Å². The minimum Gasteiger partial charge on any atom is -0.466 e. The molecule has 98 valence electrons. The van der Waals surface area contributed by atoms with E-state index in [1.807, 2.05) is 25.1 Å². The van der Waals surface area contributed by atoms with Crippen LogP contribution in [0.15, 0.2) is 30.3 Å². The van der Waals surface area contributed by atoms with E-state index in [2.05, 4.69) is 17.4 Å². The molecule has 3 heteroatoms. The number of benzene rings is 1. The van der Waals surface area contributed by atoms with Gasteiger partial charge in [0.1, 0.15) is 0 Å². The Morgan fingerprint density at radius 2 is 2.06 bits per heavy atom. The lowest BCUT2D eigenvalue weighted by Crippen LogP contribution is -2.52. The maximum Gasteiger partial charge on any atom is 0.307 e. The van der Waals surface area contributed by atoms with Crippen LogP contribution < -0.4 is 5.32 Å². The van der Waals surface area contributed by atoms with E-state index in [0.29, 0.717) is 13.0 Å². The van der Waals surface area contributed by atoms with Gasteiger partial charge in [-0.2, -0.15) is 0 Å². The summed E-state index contributed by atoms with van der Waals surface area (Å²) in [6.45, 7) is 3.14. The van der Waals surface area contributed by atoms with Crippen molar-refractivity contribution in [2.45, 2.75) is 44.7 Å². The van der Waals surface area contributed by atoms with Gasteiger partial charge in [0.15, 0.2) is 0 Å². The number of nitrogens with one attached hydrogen (secondary N) is 1. The molecule has 0 bridgehead atoms. The van der Waals surface area contributed by atoms with Gasteiger partial charge >= 0.3 is 5.97 Å². The monoisotopic (exact) mass is 247 g/mol. The van der Waals surface area contributed by atoms with Gasteiger partial charge in [0.2, 0.25) is 0 Å². The standard InChI is InChI=1S/C15H21NO2/c1-2-18-14(17)11-15(9-6-10-15)16-12-13-7-4-3-5-8-13/h3-5,7-8,16H,2,6,9-12H2,1H3. The molecule has 0 aromatic heterocycles. The summed E-state index contributed by atoms with van der Waals surface area (Å²) in [7, 11) is 0. The fraction of sp³-hybridized carbons (Fsp3) is 0.533. The predicted octanol–water partition coefficient (Wildman–Crippen LogP) is 2.65. The Morgan fingerprint density at radius 1 is 1.33 bits per heavy atom. The molecule has 3 nitrogen and oxygen atoms in total. The van der Waals surface area contributed by atoms with Gasteiger partial charge in [-0.3, -0.25) is 4.79 Å². The fourth-order valence-corrected chi connectivity index (χ4v) is 2.39. The molecule has 1 fully saturated rings. The lowest BCUT2D eigenvalue weighted by atomic mass is 9.74. The third kappa shape index (κ3) is 3.33. The van der Waals surface area contributed by atoms with Crippen LogP contribution in [0.25, 0.3) is 0 Å². The Hall–Kier alpha value is -1.35. The molecule has 1 aliphatic carbocycles. The molecule has 1 aliphatic rings. The smallest absolute Gasteiger partial charge is 0.307 e. The van der Waals surface area contributed by atoms with Crippen LogP contribution in [0.3, 0.4) is 0 Å². The minimum absolute atomic E-state index is 0.0257. The van der Waals surface area contributed by atoms with Gasteiger partial charge in [-0.25, -0.2) is 0 Å². The molecule has 1 aromatic carbocycles. The van der Waals surface area contributed by atoms with Crippen molar-refractivity contribution in [2.24, 2.45) is 0 Å². The largest absolute Gasteiger partial charge is 0.466 e. The highest BCUT2D eigenvalue weighted by Gasteiger charge is 2.38. The predicted molar refractivity (Wildman–Crippen MR) is 71.1 cm³/mol. The first-order chi connectivity index (χ1) is 8.74. The summed E-state index contributed by atoms with van der Waals surface area (Å²) in [4.78, 5) is 11.6. The van der Waals surface area contributed by atoms with Crippen LogP contribution in [0.4, 0.5) is 0 Å². The van der Waals surface area contributed by atoms with Crippen molar-refractivity contribution in [3.8, 4) is 0 Å². The summed E-state index contributed by atoms with van der Waals surface area (Å²) in [6, 6.07) is 10.3. The van der Waals surface area contributed by atoms with E-state index >= 15 is 0 Å². The topological polar surface area (TPSA) is 38.3 Å². The van der Waals surface area contributed by atoms with E-state index < -0.39 is 0 Å². The van der Waals surface area contributed by atoms with Crippen LogP contribution in [-0.4, -0.2) is 18.1 Å². The van der Waals surface area contributed by atoms with Crippen molar-refractivity contribution in [1.29, 1.82) is 0 Å². The molecular weight excluding hydrogens is 226 g/mol. The van der Waals surface area contributed by atoms with Crippen molar-refractivity contribution in [2.75, 3.05) is 6.61 Å². The van der Waals surface area contributed by atoms with Gasteiger partial charge in [-0.05, 0) is 31.7 Å². The zero-order chi connectivity index (χ0) is 12.8. The Labute approximate surface area is 109 Å². The number of hydrogen-bond donors (Lipinski definition) is 1. The Bertz CT molecular complexity index is 385. The summed E-state index contributed by atoms with van der Waals surface area (Å²) in [5, 5.41) is 3.54. The number of carbonyl (C=O) groups is 1. The number of rotatable bonds is 6. The molecule has 18 heavy (non-hydrogen) atoms.